The van der Waals surface area contributed by atoms with Crippen LogP contribution in [0.3, 0.4) is 0 Å². The van der Waals surface area contributed by atoms with Crippen LogP contribution < -0.4 is 10.6 Å². The van der Waals surface area contributed by atoms with E-state index in [-0.39, 0.29) is 23.6 Å². The Balaban J connectivity index is 1.40. The maximum absolute atomic E-state index is 13.1. The fourth-order valence-corrected chi connectivity index (χ4v) is 4.17. The van der Waals surface area contributed by atoms with E-state index < -0.39 is 0 Å². The minimum atomic E-state index is -0.314. The Kier molecular flexibility index (Phi) is 6.49. The molecule has 3 N–H and O–H groups in total. The molecular weight excluding hydrogens is 454 g/mol. The number of hydrogen-bond acceptors (Lipinski definition) is 5. The van der Waals surface area contributed by atoms with E-state index in [4.69, 9.17) is 0 Å². The molecule has 1 aliphatic carbocycles. The summed E-state index contributed by atoms with van der Waals surface area (Å²) in [7, 11) is 0. The van der Waals surface area contributed by atoms with Crippen LogP contribution in [0, 0.1) is 6.92 Å². The van der Waals surface area contributed by atoms with Crippen LogP contribution in [0.1, 0.15) is 52.4 Å². The highest BCUT2D eigenvalue weighted by molar-refractivity contribution is 6.04. The van der Waals surface area contributed by atoms with Gasteiger partial charge < -0.3 is 15.7 Å². The number of pyridine rings is 1. The Bertz CT molecular complexity index is 1390. The van der Waals surface area contributed by atoms with Crippen molar-refractivity contribution in [1.29, 1.82) is 0 Å². The number of aromatic nitrogens is 3. The van der Waals surface area contributed by atoms with E-state index in [9.17, 15) is 14.7 Å². The summed E-state index contributed by atoms with van der Waals surface area (Å²) < 4.78 is 1.41. The normalized spacial score (nSPS) is 13.1. The zero-order chi connectivity index (χ0) is 25.1. The number of phenolic OH excluding ortho intramolecular Hbond substituents is 1. The third-order valence-corrected chi connectivity index (χ3v) is 6.49. The van der Waals surface area contributed by atoms with Crippen LogP contribution in [0.5, 0.6) is 5.75 Å². The monoisotopic (exact) mass is 481 g/mol. The first-order valence-corrected chi connectivity index (χ1v) is 12.0. The molecule has 2 aromatic heterocycles. The van der Waals surface area contributed by atoms with Gasteiger partial charge in [0.25, 0.3) is 5.91 Å². The van der Waals surface area contributed by atoms with Gasteiger partial charge in [0.2, 0.25) is 0 Å². The van der Waals surface area contributed by atoms with Crippen LogP contribution in [-0.2, 0) is 6.54 Å². The first-order chi connectivity index (χ1) is 17.5. The van der Waals surface area contributed by atoms with E-state index in [0.717, 1.165) is 36.1 Å². The van der Waals surface area contributed by atoms with E-state index in [2.05, 4.69) is 20.7 Å². The van der Waals surface area contributed by atoms with Crippen molar-refractivity contribution in [3.8, 4) is 17.0 Å². The van der Waals surface area contributed by atoms with Crippen molar-refractivity contribution in [2.24, 2.45) is 0 Å². The molecule has 2 aromatic carbocycles. The van der Waals surface area contributed by atoms with Gasteiger partial charge in [0.1, 0.15) is 5.75 Å². The number of phenols is 1. The number of amides is 2. The smallest absolute Gasteiger partial charge is 0.342 e. The molecule has 182 valence electrons. The van der Waals surface area contributed by atoms with Crippen LogP contribution in [-0.4, -0.2) is 31.8 Å². The van der Waals surface area contributed by atoms with Crippen molar-refractivity contribution in [3.05, 3.63) is 95.4 Å². The molecule has 8 heteroatoms. The van der Waals surface area contributed by atoms with Crippen molar-refractivity contribution < 1.29 is 14.7 Å². The zero-order valence-corrected chi connectivity index (χ0v) is 19.9. The first-order valence-electron chi connectivity index (χ1n) is 12.0. The average Bonchev–Trinajstić information content (AvgIpc) is 3.28. The molecule has 0 bridgehead atoms. The largest absolute Gasteiger partial charge is 0.507 e. The van der Waals surface area contributed by atoms with Crippen LogP contribution >= 0.6 is 0 Å². The number of carbonyl (C=O) groups is 2. The number of rotatable bonds is 6. The number of nitrogens with zero attached hydrogens (tertiary/aromatic N) is 3. The van der Waals surface area contributed by atoms with Gasteiger partial charge in [-0.05, 0) is 61.7 Å². The van der Waals surface area contributed by atoms with Crippen LogP contribution in [0.4, 0.5) is 10.5 Å². The average molecular weight is 482 g/mol. The molecule has 1 saturated carbocycles. The summed E-state index contributed by atoms with van der Waals surface area (Å²) >= 11 is 0. The molecule has 0 unspecified atom stereocenters. The Morgan fingerprint density at radius 1 is 1.03 bits per heavy atom. The van der Waals surface area contributed by atoms with Crippen LogP contribution in [0.2, 0.25) is 0 Å². The molecule has 4 aromatic rings. The molecule has 36 heavy (non-hydrogen) atoms. The Morgan fingerprint density at radius 3 is 2.47 bits per heavy atom. The summed E-state index contributed by atoms with van der Waals surface area (Å²) in [5.74, 6) is -0.0277. The van der Waals surface area contributed by atoms with Gasteiger partial charge >= 0.3 is 6.03 Å². The lowest BCUT2D eigenvalue weighted by atomic mass is 9.82. The number of carbonyl (C=O) groups excluding carboxylic acids is 2. The molecule has 2 heterocycles. The van der Waals surface area contributed by atoms with Crippen molar-refractivity contribution >= 4 is 17.6 Å². The first kappa shape index (κ1) is 23.3. The minimum Gasteiger partial charge on any atom is -0.507 e. The Hall–Kier alpha value is -4.46. The predicted octanol–water partition coefficient (Wildman–Crippen LogP) is 5.24. The summed E-state index contributed by atoms with van der Waals surface area (Å²) in [5.41, 5.74) is 4.88. The van der Waals surface area contributed by atoms with E-state index in [1.165, 1.54) is 10.7 Å². The molecule has 0 saturated heterocycles. The van der Waals surface area contributed by atoms with Crippen molar-refractivity contribution in [1.82, 2.24) is 20.1 Å². The molecule has 5 rings (SSSR count). The van der Waals surface area contributed by atoms with Gasteiger partial charge in [-0.15, -0.1) is 0 Å². The maximum atomic E-state index is 13.1. The lowest BCUT2D eigenvalue weighted by Crippen LogP contribution is -2.31. The summed E-state index contributed by atoms with van der Waals surface area (Å²) in [4.78, 5) is 29.6. The lowest BCUT2D eigenvalue weighted by Gasteiger charge is -2.25. The highest BCUT2D eigenvalue weighted by Crippen LogP contribution is 2.39. The van der Waals surface area contributed by atoms with Gasteiger partial charge in [-0.25, -0.2) is 4.79 Å². The second-order valence-electron chi connectivity index (χ2n) is 9.06. The highest BCUT2D eigenvalue weighted by atomic mass is 16.3. The van der Waals surface area contributed by atoms with Gasteiger partial charge in [0, 0.05) is 41.7 Å². The van der Waals surface area contributed by atoms with Gasteiger partial charge in [0.15, 0.2) is 0 Å². The summed E-state index contributed by atoms with van der Waals surface area (Å²) in [6, 6.07) is 17.6. The summed E-state index contributed by atoms with van der Waals surface area (Å²) in [6.45, 7) is 2.41. The predicted molar refractivity (Wildman–Crippen MR) is 137 cm³/mol. The number of hydrogen-bond donors (Lipinski definition) is 3. The van der Waals surface area contributed by atoms with E-state index in [1.54, 1.807) is 36.7 Å². The SMILES string of the molecule is Cc1ccc(CNC(=O)n2nc(-c3cc(NC(=O)c4ccncc4)ccc3O)cc2C2CCC2)cc1. The zero-order valence-electron chi connectivity index (χ0n) is 19.9. The Morgan fingerprint density at radius 2 is 1.78 bits per heavy atom. The van der Waals surface area contributed by atoms with Gasteiger partial charge in [-0.2, -0.15) is 9.78 Å². The fraction of sp³-hybridized carbons (Fsp3) is 0.214. The van der Waals surface area contributed by atoms with E-state index in [1.807, 2.05) is 37.3 Å². The third kappa shape index (κ3) is 4.98. The second kappa shape index (κ2) is 10.0. The minimum absolute atomic E-state index is 0.0155. The maximum Gasteiger partial charge on any atom is 0.342 e. The van der Waals surface area contributed by atoms with Crippen LogP contribution in [0.15, 0.2) is 73.1 Å². The van der Waals surface area contributed by atoms with E-state index >= 15 is 0 Å². The highest BCUT2D eigenvalue weighted by Gasteiger charge is 2.27. The Labute approximate surface area is 209 Å². The summed E-state index contributed by atoms with van der Waals surface area (Å²) in [6.07, 6.45) is 6.19. The van der Waals surface area contributed by atoms with Crippen LogP contribution in [0.25, 0.3) is 11.3 Å². The number of anilines is 1. The van der Waals surface area contributed by atoms with E-state index in [0.29, 0.717) is 29.1 Å². The number of nitrogens with one attached hydrogen (secondary N) is 2. The molecule has 0 atom stereocenters. The van der Waals surface area contributed by atoms with Crippen molar-refractivity contribution in [2.45, 2.75) is 38.6 Å². The molecule has 1 fully saturated rings. The molecule has 8 nitrogen and oxygen atoms in total. The molecule has 0 radical (unpaired) electrons. The molecule has 0 aliphatic heterocycles. The summed E-state index contributed by atoms with van der Waals surface area (Å²) in [5, 5.41) is 21.0. The number of aryl methyl sites for hydroxylation is 1. The van der Waals surface area contributed by atoms with Gasteiger partial charge in [-0.3, -0.25) is 9.78 Å². The van der Waals surface area contributed by atoms with Crippen molar-refractivity contribution in [3.63, 3.8) is 0 Å². The lowest BCUT2D eigenvalue weighted by molar-refractivity contribution is 0.102. The third-order valence-electron chi connectivity index (χ3n) is 6.49. The molecule has 2 amide bonds. The molecule has 0 spiro atoms. The quantitative estimate of drug-likeness (QED) is 0.327. The van der Waals surface area contributed by atoms with Gasteiger partial charge in [-0.1, -0.05) is 36.2 Å². The number of aromatic hydroxyl groups is 1. The number of benzene rings is 2. The van der Waals surface area contributed by atoms with Gasteiger partial charge in [0.05, 0.1) is 11.4 Å². The fourth-order valence-electron chi connectivity index (χ4n) is 4.17. The topological polar surface area (TPSA) is 109 Å². The molecule has 1 aliphatic rings. The second-order valence-corrected chi connectivity index (χ2v) is 9.06. The standard InChI is InChI=1S/C28H27N5O3/c1-18-5-7-19(8-6-18)17-30-28(36)33-25(20-3-2-4-20)16-24(32-33)23-15-22(9-10-26(23)34)31-27(35)21-11-13-29-14-12-21/h5-16,20,34H,2-4,17H2,1H3,(H,30,36)(H,31,35). The molecular formula is C28H27N5O3. The van der Waals surface area contributed by atoms with Crippen molar-refractivity contribution in [2.75, 3.05) is 5.32 Å².